The number of nitrogens with zero attached hydrogens (tertiary/aromatic N) is 1. The van der Waals surface area contributed by atoms with Gasteiger partial charge in [-0.1, -0.05) is 27.7 Å². The van der Waals surface area contributed by atoms with E-state index in [0.717, 1.165) is 6.42 Å². The van der Waals surface area contributed by atoms with Crippen LogP contribution in [0.3, 0.4) is 0 Å². The van der Waals surface area contributed by atoms with E-state index in [1.807, 2.05) is 0 Å². The Bertz CT molecular complexity index is 290. The SMILES string of the molecule is C[C@H](CN1CCCS1(=O)=O)C(C)(C)C. The van der Waals surface area contributed by atoms with E-state index in [-0.39, 0.29) is 5.41 Å². The average molecular weight is 219 g/mol. The van der Waals surface area contributed by atoms with Gasteiger partial charge in [0.1, 0.15) is 0 Å². The number of hydrogen-bond acceptors (Lipinski definition) is 2. The minimum absolute atomic E-state index is 0.179. The van der Waals surface area contributed by atoms with Crippen LogP contribution in [-0.2, 0) is 10.0 Å². The smallest absolute Gasteiger partial charge is 0.212 e. The van der Waals surface area contributed by atoms with Crippen LogP contribution in [0.15, 0.2) is 0 Å². The van der Waals surface area contributed by atoms with Crippen molar-refractivity contribution in [1.29, 1.82) is 0 Å². The van der Waals surface area contributed by atoms with Gasteiger partial charge in [-0.25, -0.2) is 12.7 Å². The Labute approximate surface area is 87.5 Å². The van der Waals surface area contributed by atoms with Gasteiger partial charge in [-0.15, -0.1) is 0 Å². The van der Waals surface area contributed by atoms with E-state index < -0.39 is 10.0 Å². The van der Waals surface area contributed by atoms with Crippen molar-refractivity contribution in [3.63, 3.8) is 0 Å². The standard InChI is InChI=1S/C10H21NO2S/c1-9(10(2,3)4)8-11-6-5-7-14(11,12)13/h9H,5-8H2,1-4H3/t9-/m1/s1. The first-order chi connectivity index (χ1) is 6.23. The summed E-state index contributed by atoms with van der Waals surface area (Å²) in [5, 5.41) is 0. The molecule has 14 heavy (non-hydrogen) atoms. The van der Waals surface area contributed by atoms with E-state index in [4.69, 9.17) is 0 Å². The van der Waals surface area contributed by atoms with E-state index in [0.29, 0.717) is 24.8 Å². The normalized spacial score (nSPS) is 25.1. The van der Waals surface area contributed by atoms with Crippen LogP contribution in [0.4, 0.5) is 0 Å². The van der Waals surface area contributed by atoms with Gasteiger partial charge in [0.2, 0.25) is 10.0 Å². The highest BCUT2D eigenvalue weighted by molar-refractivity contribution is 7.89. The summed E-state index contributed by atoms with van der Waals surface area (Å²) in [4.78, 5) is 0. The molecule has 0 bridgehead atoms. The van der Waals surface area contributed by atoms with Crippen LogP contribution in [0, 0.1) is 11.3 Å². The fraction of sp³-hybridized carbons (Fsp3) is 1.00. The Kier molecular flexibility index (Phi) is 3.26. The van der Waals surface area contributed by atoms with Crippen LogP contribution >= 0.6 is 0 Å². The lowest BCUT2D eigenvalue weighted by atomic mass is 9.82. The van der Waals surface area contributed by atoms with Crippen LogP contribution in [0.25, 0.3) is 0 Å². The monoisotopic (exact) mass is 219 g/mol. The second kappa shape index (κ2) is 3.81. The molecule has 3 nitrogen and oxygen atoms in total. The van der Waals surface area contributed by atoms with Gasteiger partial charge < -0.3 is 0 Å². The molecule has 1 atom stereocenters. The highest BCUT2D eigenvalue weighted by Gasteiger charge is 2.32. The quantitative estimate of drug-likeness (QED) is 0.709. The van der Waals surface area contributed by atoms with Crippen molar-refractivity contribution in [3.8, 4) is 0 Å². The zero-order valence-electron chi connectivity index (χ0n) is 9.58. The van der Waals surface area contributed by atoms with Gasteiger partial charge in [0, 0.05) is 13.1 Å². The third-order valence-corrected chi connectivity index (χ3v) is 5.08. The first-order valence-electron chi connectivity index (χ1n) is 5.21. The zero-order valence-corrected chi connectivity index (χ0v) is 10.4. The van der Waals surface area contributed by atoms with Crippen LogP contribution in [0.2, 0.25) is 0 Å². The molecule has 0 aromatic rings. The van der Waals surface area contributed by atoms with Crippen molar-refractivity contribution >= 4 is 10.0 Å². The summed E-state index contributed by atoms with van der Waals surface area (Å²) in [7, 11) is -2.91. The Morgan fingerprint density at radius 3 is 2.29 bits per heavy atom. The molecule has 4 heteroatoms. The minimum atomic E-state index is -2.91. The summed E-state index contributed by atoms with van der Waals surface area (Å²) >= 11 is 0. The fourth-order valence-corrected chi connectivity index (χ4v) is 3.09. The molecule has 1 rings (SSSR count). The van der Waals surface area contributed by atoms with Crippen LogP contribution in [0.1, 0.15) is 34.1 Å². The zero-order chi connectivity index (χ0) is 11.0. The summed E-state index contributed by atoms with van der Waals surface area (Å²) in [5.74, 6) is 0.736. The van der Waals surface area contributed by atoms with Gasteiger partial charge in [-0.05, 0) is 17.8 Å². The molecular weight excluding hydrogens is 198 g/mol. The molecule has 84 valence electrons. The molecule has 0 amide bonds. The molecule has 0 radical (unpaired) electrons. The van der Waals surface area contributed by atoms with Gasteiger partial charge >= 0.3 is 0 Å². The van der Waals surface area contributed by atoms with Gasteiger partial charge in [-0.3, -0.25) is 0 Å². The van der Waals surface area contributed by atoms with E-state index >= 15 is 0 Å². The van der Waals surface area contributed by atoms with E-state index in [1.165, 1.54) is 0 Å². The summed E-state index contributed by atoms with van der Waals surface area (Å²) in [6.45, 7) is 9.96. The van der Waals surface area contributed by atoms with Crippen molar-refractivity contribution in [3.05, 3.63) is 0 Å². The molecule has 0 saturated carbocycles. The molecular formula is C10H21NO2S. The predicted octanol–water partition coefficient (Wildman–Crippen LogP) is 1.70. The average Bonchev–Trinajstić information content (AvgIpc) is 2.29. The Morgan fingerprint density at radius 1 is 1.36 bits per heavy atom. The lowest BCUT2D eigenvalue weighted by Crippen LogP contribution is -2.35. The van der Waals surface area contributed by atoms with Crippen molar-refractivity contribution < 1.29 is 8.42 Å². The lowest BCUT2D eigenvalue weighted by Gasteiger charge is -2.30. The molecule has 0 N–H and O–H groups in total. The van der Waals surface area contributed by atoms with Gasteiger partial charge in [0.05, 0.1) is 5.75 Å². The Balaban J connectivity index is 2.62. The number of sulfonamides is 1. The van der Waals surface area contributed by atoms with Crippen molar-refractivity contribution in [2.45, 2.75) is 34.1 Å². The summed E-state index contributed by atoms with van der Waals surface area (Å²) in [6.07, 6.45) is 0.791. The van der Waals surface area contributed by atoms with E-state index in [2.05, 4.69) is 27.7 Å². The molecule has 0 aromatic heterocycles. The second-order valence-electron chi connectivity index (χ2n) is 5.29. The number of rotatable bonds is 2. The largest absolute Gasteiger partial charge is 0.214 e. The Hall–Kier alpha value is -0.0900. The van der Waals surface area contributed by atoms with Gasteiger partial charge in [-0.2, -0.15) is 0 Å². The maximum atomic E-state index is 11.6. The molecule has 1 heterocycles. The minimum Gasteiger partial charge on any atom is -0.212 e. The molecule has 0 unspecified atom stereocenters. The van der Waals surface area contributed by atoms with E-state index in [1.54, 1.807) is 4.31 Å². The third kappa shape index (κ3) is 2.70. The molecule has 1 saturated heterocycles. The highest BCUT2D eigenvalue weighted by Crippen LogP contribution is 2.28. The van der Waals surface area contributed by atoms with Crippen LogP contribution < -0.4 is 0 Å². The summed E-state index contributed by atoms with van der Waals surface area (Å²) in [6, 6.07) is 0. The number of hydrogen-bond donors (Lipinski definition) is 0. The molecule has 0 aromatic carbocycles. The van der Waals surface area contributed by atoms with Crippen molar-refractivity contribution in [1.82, 2.24) is 4.31 Å². The molecule has 0 spiro atoms. The van der Waals surface area contributed by atoms with Gasteiger partial charge in [0.25, 0.3) is 0 Å². The maximum absolute atomic E-state index is 11.6. The van der Waals surface area contributed by atoms with Crippen LogP contribution in [0.5, 0.6) is 0 Å². The lowest BCUT2D eigenvalue weighted by molar-refractivity contribution is 0.219. The fourth-order valence-electron chi connectivity index (χ4n) is 1.48. The Morgan fingerprint density at radius 2 is 1.93 bits per heavy atom. The van der Waals surface area contributed by atoms with Crippen LogP contribution in [-0.4, -0.2) is 31.6 Å². The molecule has 1 fully saturated rings. The molecule has 1 aliphatic heterocycles. The first-order valence-corrected chi connectivity index (χ1v) is 6.82. The summed E-state index contributed by atoms with van der Waals surface area (Å²) in [5.41, 5.74) is 0.179. The maximum Gasteiger partial charge on any atom is 0.214 e. The molecule has 1 aliphatic rings. The second-order valence-corrected chi connectivity index (χ2v) is 7.38. The third-order valence-electron chi connectivity index (χ3n) is 3.16. The first kappa shape index (κ1) is 12.0. The van der Waals surface area contributed by atoms with Crippen molar-refractivity contribution in [2.24, 2.45) is 11.3 Å². The highest BCUT2D eigenvalue weighted by atomic mass is 32.2. The topological polar surface area (TPSA) is 37.4 Å². The van der Waals surface area contributed by atoms with Gasteiger partial charge in [0.15, 0.2) is 0 Å². The summed E-state index contributed by atoms with van der Waals surface area (Å²) < 4.78 is 24.7. The molecule has 0 aliphatic carbocycles. The van der Waals surface area contributed by atoms with Crippen molar-refractivity contribution in [2.75, 3.05) is 18.8 Å². The predicted molar refractivity (Wildman–Crippen MR) is 58.6 cm³/mol. The van der Waals surface area contributed by atoms with E-state index in [9.17, 15) is 8.42 Å².